The number of aryl methyl sites for hydroxylation is 1. The molecule has 0 radical (unpaired) electrons. The molecule has 0 saturated heterocycles. The summed E-state index contributed by atoms with van der Waals surface area (Å²) >= 11 is 1.13. The van der Waals surface area contributed by atoms with Crippen molar-refractivity contribution >= 4 is 23.2 Å². The monoisotopic (exact) mass is 261 g/mol. The molecule has 0 bridgehead atoms. The average molecular weight is 261 g/mol. The quantitative estimate of drug-likeness (QED) is 0.890. The van der Waals surface area contributed by atoms with Gasteiger partial charge in [-0.25, -0.2) is 4.79 Å². The third-order valence-corrected chi connectivity index (χ3v) is 3.48. The number of carbonyl (C=O) groups is 2. The molecule has 0 aliphatic carbocycles. The molecule has 3 N–H and O–H groups in total. The van der Waals surface area contributed by atoms with Gasteiger partial charge in [-0.1, -0.05) is 17.7 Å². The van der Waals surface area contributed by atoms with Crippen molar-refractivity contribution in [1.29, 1.82) is 0 Å². The van der Waals surface area contributed by atoms with Crippen molar-refractivity contribution < 1.29 is 14.7 Å². The van der Waals surface area contributed by atoms with Crippen LogP contribution in [0.4, 0.5) is 0 Å². The molecule has 1 heterocycles. The summed E-state index contributed by atoms with van der Waals surface area (Å²) < 4.78 is 0. The van der Waals surface area contributed by atoms with Gasteiger partial charge in [0.2, 0.25) is 5.91 Å². The van der Waals surface area contributed by atoms with Gasteiger partial charge < -0.3 is 10.8 Å². The van der Waals surface area contributed by atoms with E-state index in [0.717, 1.165) is 16.9 Å². The second-order valence-corrected chi connectivity index (χ2v) is 4.83. The Kier molecular flexibility index (Phi) is 3.16. The molecule has 1 aromatic carbocycles. The van der Waals surface area contributed by atoms with Crippen molar-refractivity contribution in [2.75, 3.05) is 0 Å². The number of rotatable bonds is 3. The van der Waals surface area contributed by atoms with Crippen LogP contribution in [-0.4, -0.2) is 17.0 Å². The number of aromatic carboxylic acids is 1. The Morgan fingerprint density at radius 1 is 1.28 bits per heavy atom. The van der Waals surface area contributed by atoms with Crippen molar-refractivity contribution in [3.8, 4) is 11.1 Å². The summed E-state index contributed by atoms with van der Waals surface area (Å²) in [6.45, 7) is 1.87. The standard InChI is InChI=1S/C13H11NO3S/c1-7-2-3-9(10(4-7)12(14)15)8-5-11(13(16)17)18-6-8/h2-6H,1H3,(H2,14,15)(H,16,17). The number of hydrogen-bond donors (Lipinski definition) is 2. The highest BCUT2D eigenvalue weighted by atomic mass is 32.1. The Balaban J connectivity index is 2.55. The van der Waals surface area contributed by atoms with Gasteiger partial charge in [-0.2, -0.15) is 0 Å². The summed E-state index contributed by atoms with van der Waals surface area (Å²) in [5.74, 6) is -1.49. The maximum Gasteiger partial charge on any atom is 0.345 e. The van der Waals surface area contributed by atoms with Crippen LogP contribution in [0, 0.1) is 6.92 Å². The zero-order valence-electron chi connectivity index (χ0n) is 9.64. The first kappa shape index (κ1) is 12.3. The van der Waals surface area contributed by atoms with E-state index < -0.39 is 11.9 Å². The lowest BCUT2D eigenvalue weighted by molar-refractivity contribution is 0.0702. The number of thiophene rings is 1. The van der Waals surface area contributed by atoms with E-state index in [4.69, 9.17) is 10.8 Å². The summed E-state index contributed by atoms with van der Waals surface area (Å²) in [5, 5.41) is 10.6. The average Bonchev–Trinajstić information content (AvgIpc) is 2.78. The molecule has 1 amide bonds. The lowest BCUT2D eigenvalue weighted by atomic mass is 9.99. The van der Waals surface area contributed by atoms with E-state index in [0.29, 0.717) is 16.7 Å². The van der Waals surface area contributed by atoms with Gasteiger partial charge in [0.25, 0.3) is 0 Å². The van der Waals surface area contributed by atoms with Crippen LogP contribution in [0.2, 0.25) is 0 Å². The molecule has 5 heteroatoms. The highest BCUT2D eigenvalue weighted by Crippen LogP contribution is 2.29. The molecule has 0 unspecified atom stereocenters. The van der Waals surface area contributed by atoms with Crippen molar-refractivity contribution in [3.05, 3.63) is 45.6 Å². The van der Waals surface area contributed by atoms with Crippen molar-refractivity contribution in [2.45, 2.75) is 6.92 Å². The van der Waals surface area contributed by atoms with Gasteiger partial charge in [0, 0.05) is 5.56 Å². The SMILES string of the molecule is Cc1ccc(-c2csc(C(=O)O)c2)c(C(N)=O)c1. The molecule has 18 heavy (non-hydrogen) atoms. The van der Waals surface area contributed by atoms with Crippen LogP contribution in [0.3, 0.4) is 0 Å². The summed E-state index contributed by atoms with van der Waals surface area (Å²) in [6, 6.07) is 6.89. The van der Waals surface area contributed by atoms with Crippen molar-refractivity contribution in [2.24, 2.45) is 5.73 Å². The number of amides is 1. The maximum atomic E-state index is 11.4. The van der Waals surface area contributed by atoms with Gasteiger partial charge in [-0.15, -0.1) is 11.3 Å². The molecule has 0 aliphatic heterocycles. The van der Waals surface area contributed by atoms with Crippen LogP contribution in [0.15, 0.2) is 29.6 Å². The second-order valence-electron chi connectivity index (χ2n) is 3.92. The molecule has 0 fully saturated rings. The summed E-state index contributed by atoms with van der Waals surface area (Å²) in [7, 11) is 0. The van der Waals surface area contributed by atoms with Crippen LogP contribution < -0.4 is 5.73 Å². The third-order valence-electron chi connectivity index (χ3n) is 2.56. The lowest BCUT2D eigenvalue weighted by Gasteiger charge is -2.05. The zero-order chi connectivity index (χ0) is 13.3. The van der Waals surface area contributed by atoms with Crippen LogP contribution in [0.5, 0.6) is 0 Å². The predicted molar refractivity (Wildman–Crippen MR) is 70.0 cm³/mol. The highest BCUT2D eigenvalue weighted by Gasteiger charge is 2.13. The Bertz CT molecular complexity index is 631. The second kappa shape index (κ2) is 4.62. The summed E-state index contributed by atoms with van der Waals surface area (Å²) in [4.78, 5) is 22.5. The number of hydrogen-bond acceptors (Lipinski definition) is 3. The molecule has 92 valence electrons. The molecule has 0 atom stereocenters. The first-order chi connectivity index (χ1) is 8.49. The number of carboxylic acid groups (broad SMARTS) is 1. The maximum absolute atomic E-state index is 11.4. The molecule has 4 nitrogen and oxygen atoms in total. The van der Waals surface area contributed by atoms with E-state index >= 15 is 0 Å². The fraction of sp³-hybridized carbons (Fsp3) is 0.0769. The fourth-order valence-electron chi connectivity index (χ4n) is 1.70. The van der Waals surface area contributed by atoms with Crippen LogP contribution in [0.25, 0.3) is 11.1 Å². The van der Waals surface area contributed by atoms with Crippen molar-refractivity contribution in [1.82, 2.24) is 0 Å². The molecule has 2 aromatic rings. The van der Waals surface area contributed by atoms with E-state index in [1.54, 1.807) is 23.6 Å². The van der Waals surface area contributed by atoms with E-state index in [1.807, 2.05) is 13.0 Å². The van der Waals surface area contributed by atoms with Crippen LogP contribution in [0.1, 0.15) is 25.6 Å². The minimum atomic E-state index is -0.973. The number of primary amides is 1. The molecular formula is C13H11NO3S. The number of benzene rings is 1. The number of nitrogens with two attached hydrogens (primary N) is 1. The lowest BCUT2D eigenvalue weighted by Crippen LogP contribution is -2.12. The van der Waals surface area contributed by atoms with Gasteiger partial charge in [-0.3, -0.25) is 4.79 Å². The van der Waals surface area contributed by atoms with E-state index in [-0.39, 0.29) is 4.88 Å². The Hall–Kier alpha value is -2.14. The molecule has 0 aliphatic rings. The Morgan fingerprint density at radius 3 is 2.56 bits per heavy atom. The number of carboxylic acids is 1. The topological polar surface area (TPSA) is 80.4 Å². The van der Waals surface area contributed by atoms with Gasteiger partial charge >= 0.3 is 5.97 Å². The van der Waals surface area contributed by atoms with E-state index in [9.17, 15) is 9.59 Å². The minimum Gasteiger partial charge on any atom is -0.477 e. The highest BCUT2D eigenvalue weighted by molar-refractivity contribution is 7.12. The largest absolute Gasteiger partial charge is 0.477 e. The minimum absolute atomic E-state index is 0.237. The van der Waals surface area contributed by atoms with Gasteiger partial charge in [0.1, 0.15) is 4.88 Å². The summed E-state index contributed by atoms with van der Waals surface area (Å²) in [6.07, 6.45) is 0. The van der Waals surface area contributed by atoms with Crippen molar-refractivity contribution in [3.63, 3.8) is 0 Å². The molecule has 0 saturated carbocycles. The van der Waals surface area contributed by atoms with E-state index in [2.05, 4.69) is 0 Å². The normalized spacial score (nSPS) is 10.3. The number of carbonyl (C=O) groups excluding carboxylic acids is 1. The molecule has 0 spiro atoms. The van der Waals surface area contributed by atoms with Gasteiger partial charge in [0.15, 0.2) is 0 Å². The fourth-order valence-corrected chi connectivity index (χ4v) is 2.45. The van der Waals surface area contributed by atoms with E-state index in [1.165, 1.54) is 0 Å². The summed E-state index contributed by atoms with van der Waals surface area (Å²) in [5.41, 5.74) is 8.04. The smallest absolute Gasteiger partial charge is 0.345 e. The first-order valence-electron chi connectivity index (χ1n) is 5.21. The Labute approximate surface area is 108 Å². The third kappa shape index (κ3) is 2.26. The molecule has 2 rings (SSSR count). The van der Waals surface area contributed by atoms with Crippen LogP contribution in [-0.2, 0) is 0 Å². The molecule has 1 aromatic heterocycles. The zero-order valence-corrected chi connectivity index (χ0v) is 10.5. The van der Waals surface area contributed by atoms with Crippen LogP contribution >= 0.6 is 11.3 Å². The Morgan fingerprint density at radius 2 is 2.00 bits per heavy atom. The molecular weight excluding hydrogens is 250 g/mol. The van der Waals surface area contributed by atoms with Gasteiger partial charge in [0.05, 0.1) is 0 Å². The predicted octanol–water partition coefficient (Wildman–Crippen LogP) is 2.52. The van der Waals surface area contributed by atoms with Gasteiger partial charge in [-0.05, 0) is 35.6 Å². The first-order valence-corrected chi connectivity index (χ1v) is 6.09.